The standard InChI is InChI=1S/C10H8O3S/c11-8(7-2-1-3-14-7)10-4-6(10)5-13-9(10)12/h1-3,6H,4-5H2/t6-,10-/m0/s1. The maximum atomic E-state index is 12.0. The van der Waals surface area contributed by atoms with E-state index in [9.17, 15) is 9.59 Å². The molecule has 2 atom stereocenters. The quantitative estimate of drug-likeness (QED) is 0.420. The van der Waals surface area contributed by atoms with Crippen LogP contribution in [0.3, 0.4) is 0 Å². The van der Waals surface area contributed by atoms with Crippen LogP contribution < -0.4 is 0 Å². The van der Waals surface area contributed by atoms with Gasteiger partial charge in [-0.1, -0.05) is 6.07 Å². The van der Waals surface area contributed by atoms with Crippen molar-refractivity contribution < 1.29 is 14.3 Å². The summed E-state index contributed by atoms with van der Waals surface area (Å²) in [7, 11) is 0. The van der Waals surface area contributed by atoms with Crippen LogP contribution in [0.2, 0.25) is 0 Å². The number of rotatable bonds is 2. The fourth-order valence-electron chi connectivity index (χ4n) is 2.08. The van der Waals surface area contributed by atoms with Crippen LogP contribution in [-0.2, 0) is 9.53 Å². The zero-order chi connectivity index (χ0) is 9.76. The van der Waals surface area contributed by atoms with Crippen LogP contribution in [0.5, 0.6) is 0 Å². The van der Waals surface area contributed by atoms with E-state index in [2.05, 4.69) is 0 Å². The highest BCUT2D eigenvalue weighted by Crippen LogP contribution is 2.59. The second kappa shape index (κ2) is 2.45. The molecule has 1 aliphatic heterocycles. The number of thiophene rings is 1. The molecule has 1 saturated heterocycles. The summed E-state index contributed by atoms with van der Waals surface area (Å²) in [4.78, 5) is 24.1. The second-order valence-corrected chi connectivity index (χ2v) is 4.72. The topological polar surface area (TPSA) is 43.4 Å². The van der Waals surface area contributed by atoms with Crippen LogP contribution in [0.4, 0.5) is 0 Å². The molecule has 0 bridgehead atoms. The van der Waals surface area contributed by atoms with E-state index in [0.29, 0.717) is 17.9 Å². The average molecular weight is 208 g/mol. The number of carbonyl (C=O) groups is 2. The molecule has 72 valence electrons. The lowest BCUT2D eigenvalue weighted by molar-refractivity contribution is -0.143. The third kappa shape index (κ3) is 0.817. The fourth-order valence-corrected chi connectivity index (χ4v) is 2.83. The van der Waals surface area contributed by atoms with Crippen LogP contribution in [0, 0.1) is 11.3 Å². The second-order valence-electron chi connectivity index (χ2n) is 3.78. The van der Waals surface area contributed by atoms with Crippen molar-refractivity contribution in [2.45, 2.75) is 6.42 Å². The fraction of sp³-hybridized carbons (Fsp3) is 0.400. The number of fused-ring (bicyclic) bond motifs is 1. The molecule has 2 aliphatic rings. The van der Waals surface area contributed by atoms with E-state index in [1.54, 1.807) is 6.07 Å². The maximum Gasteiger partial charge on any atom is 0.320 e. The molecule has 0 aromatic carbocycles. The molecule has 1 aromatic heterocycles. The summed E-state index contributed by atoms with van der Waals surface area (Å²) in [6.45, 7) is 0.427. The number of hydrogen-bond acceptors (Lipinski definition) is 4. The van der Waals surface area contributed by atoms with Gasteiger partial charge in [-0.3, -0.25) is 9.59 Å². The van der Waals surface area contributed by atoms with E-state index in [1.807, 2.05) is 11.4 Å². The van der Waals surface area contributed by atoms with Gasteiger partial charge < -0.3 is 4.74 Å². The highest BCUT2D eigenvalue weighted by atomic mass is 32.1. The number of cyclic esters (lactones) is 1. The molecule has 2 heterocycles. The predicted molar refractivity (Wildman–Crippen MR) is 50.1 cm³/mol. The number of carbonyl (C=O) groups excluding carboxylic acids is 2. The Kier molecular flexibility index (Phi) is 1.43. The van der Waals surface area contributed by atoms with Crippen molar-refractivity contribution in [1.29, 1.82) is 0 Å². The first-order chi connectivity index (χ1) is 6.75. The molecule has 3 rings (SSSR count). The van der Waals surface area contributed by atoms with Crippen LogP contribution in [0.1, 0.15) is 16.1 Å². The van der Waals surface area contributed by atoms with Gasteiger partial charge in [-0.2, -0.15) is 0 Å². The number of Topliss-reactive ketones (excluding diaryl/α,β-unsaturated/α-hetero) is 1. The van der Waals surface area contributed by atoms with Gasteiger partial charge in [0, 0.05) is 5.92 Å². The Morgan fingerprint density at radius 3 is 3.00 bits per heavy atom. The lowest BCUT2D eigenvalue weighted by Gasteiger charge is -2.05. The number of hydrogen-bond donors (Lipinski definition) is 0. The summed E-state index contributed by atoms with van der Waals surface area (Å²) in [5.41, 5.74) is -0.787. The van der Waals surface area contributed by atoms with Crippen molar-refractivity contribution in [1.82, 2.24) is 0 Å². The van der Waals surface area contributed by atoms with Crippen molar-refractivity contribution in [3.63, 3.8) is 0 Å². The largest absolute Gasteiger partial charge is 0.465 e. The van der Waals surface area contributed by atoms with Crippen LogP contribution in [-0.4, -0.2) is 18.4 Å². The highest BCUT2D eigenvalue weighted by molar-refractivity contribution is 7.12. The summed E-state index contributed by atoms with van der Waals surface area (Å²) < 4.78 is 4.88. The van der Waals surface area contributed by atoms with Crippen molar-refractivity contribution in [3.8, 4) is 0 Å². The molecular weight excluding hydrogens is 200 g/mol. The van der Waals surface area contributed by atoms with Crippen LogP contribution in [0.15, 0.2) is 17.5 Å². The van der Waals surface area contributed by atoms with Gasteiger partial charge in [0.1, 0.15) is 5.41 Å². The maximum absolute atomic E-state index is 12.0. The summed E-state index contributed by atoms with van der Waals surface area (Å²) in [6.07, 6.45) is 0.683. The molecule has 0 radical (unpaired) electrons. The summed E-state index contributed by atoms with van der Waals surface area (Å²) in [5, 5.41) is 1.85. The van der Waals surface area contributed by atoms with Crippen molar-refractivity contribution in [2.75, 3.05) is 6.61 Å². The third-order valence-corrected chi connectivity index (χ3v) is 3.90. The Labute approximate surface area is 84.7 Å². The lowest BCUT2D eigenvalue weighted by Crippen LogP contribution is -2.24. The third-order valence-electron chi connectivity index (χ3n) is 3.04. The molecule has 14 heavy (non-hydrogen) atoms. The Morgan fingerprint density at radius 2 is 2.50 bits per heavy atom. The Hall–Kier alpha value is -1.16. The normalized spacial score (nSPS) is 33.7. The number of esters is 1. The van der Waals surface area contributed by atoms with Gasteiger partial charge in [0.05, 0.1) is 11.5 Å². The molecular formula is C10H8O3S. The van der Waals surface area contributed by atoms with Crippen molar-refractivity contribution in [2.24, 2.45) is 11.3 Å². The Morgan fingerprint density at radius 1 is 1.64 bits per heavy atom. The molecule has 4 heteroatoms. The average Bonchev–Trinajstić information content (AvgIpc) is 2.60. The van der Waals surface area contributed by atoms with Crippen molar-refractivity contribution in [3.05, 3.63) is 22.4 Å². The van der Waals surface area contributed by atoms with E-state index >= 15 is 0 Å². The molecule has 2 fully saturated rings. The zero-order valence-electron chi connectivity index (χ0n) is 7.36. The zero-order valence-corrected chi connectivity index (χ0v) is 8.17. The number of ketones is 1. The van der Waals surface area contributed by atoms with Crippen LogP contribution in [0.25, 0.3) is 0 Å². The Balaban J connectivity index is 1.98. The van der Waals surface area contributed by atoms with Crippen molar-refractivity contribution >= 4 is 23.1 Å². The monoisotopic (exact) mass is 208 g/mol. The molecule has 3 nitrogen and oxygen atoms in total. The first-order valence-corrected chi connectivity index (χ1v) is 5.38. The van der Waals surface area contributed by atoms with Gasteiger partial charge in [0.15, 0.2) is 5.78 Å². The first-order valence-electron chi connectivity index (χ1n) is 4.50. The van der Waals surface area contributed by atoms with Gasteiger partial charge in [-0.15, -0.1) is 11.3 Å². The molecule has 1 aliphatic carbocycles. The molecule has 0 spiro atoms. The minimum atomic E-state index is -0.787. The van der Waals surface area contributed by atoms with Gasteiger partial charge in [-0.05, 0) is 17.9 Å². The summed E-state index contributed by atoms with van der Waals surface area (Å²) in [5.74, 6) is -0.217. The highest BCUT2D eigenvalue weighted by Gasteiger charge is 2.70. The molecule has 1 saturated carbocycles. The molecule has 1 aromatic rings. The van der Waals surface area contributed by atoms with E-state index in [1.165, 1.54) is 11.3 Å². The minimum absolute atomic E-state index is 0.0417. The van der Waals surface area contributed by atoms with Crippen LogP contribution >= 0.6 is 11.3 Å². The SMILES string of the molecule is O=C1OC[C@@H]2C[C@]12C(=O)c1cccs1. The van der Waals surface area contributed by atoms with E-state index in [0.717, 1.165) is 0 Å². The molecule has 0 unspecified atom stereocenters. The van der Waals surface area contributed by atoms with E-state index in [-0.39, 0.29) is 17.7 Å². The smallest absolute Gasteiger partial charge is 0.320 e. The van der Waals surface area contributed by atoms with E-state index in [4.69, 9.17) is 4.74 Å². The summed E-state index contributed by atoms with van der Waals surface area (Å²) >= 11 is 1.39. The molecule has 0 N–H and O–H groups in total. The molecule has 0 amide bonds. The Bertz CT molecular complexity index is 409. The van der Waals surface area contributed by atoms with Gasteiger partial charge in [-0.25, -0.2) is 0 Å². The van der Waals surface area contributed by atoms with Gasteiger partial charge in [0.25, 0.3) is 0 Å². The number of ether oxygens (including phenoxy) is 1. The minimum Gasteiger partial charge on any atom is -0.465 e. The van der Waals surface area contributed by atoms with E-state index < -0.39 is 5.41 Å². The lowest BCUT2D eigenvalue weighted by atomic mass is 9.98. The van der Waals surface area contributed by atoms with Gasteiger partial charge >= 0.3 is 5.97 Å². The first kappa shape index (κ1) is 8.17. The summed E-state index contributed by atoms with van der Waals surface area (Å²) in [6, 6.07) is 3.59. The predicted octanol–water partition coefficient (Wildman–Crippen LogP) is 1.49. The van der Waals surface area contributed by atoms with Gasteiger partial charge in [0.2, 0.25) is 0 Å².